The second kappa shape index (κ2) is 6.47. The zero-order valence-electron chi connectivity index (χ0n) is 12.8. The average Bonchev–Trinajstić information content (AvgIpc) is 2.40. The van der Waals surface area contributed by atoms with Crippen LogP contribution < -0.4 is 4.90 Å². The van der Waals surface area contributed by atoms with Crippen molar-refractivity contribution in [2.45, 2.75) is 33.2 Å². The van der Waals surface area contributed by atoms with Gasteiger partial charge < -0.3 is 15.1 Å². The Labute approximate surface area is 124 Å². The fourth-order valence-corrected chi connectivity index (χ4v) is 2.12. The third-order valence-corrected chi connectivity index (χ3v) is 3.43. The number of carbonyl (C=O) groups excluding carboxylic acids is 1. The molecule has 1 rings (SSSR count). The molecule has 0 radical (unpaired) electrons. The number of anilines is 1. The van der Waals surface area contributed by atoms with Gasteiger partial charge in [0.25, 0.3) is 0 Å². The molecule has 1 aromatic rings. The van der Waals surface area contributed by atoms with Crippen molar-refractivity contribution < 1.29 is 19.8 Å². The number of carbonyl (C=O) groups is 2. The summed E-state index contributed by atoms with van der Waals surface area (Å²) in [5, 5.41) is 18.8. The van der Waals surface area contributed by atoms with Gasteiger partial charge in [0.1, 0.15) is 11.3 Å². The van der Waals surface area contributed by atoms with E-state index in [0.29, 0.717) is 12.2 Å². The summed E-state index contributed by atoms with van der Waals surface area (Å²) in [4.78, 5) is 26.8. The van der Waals surface area contributed by atoms with E-state index in [2.05, 4.69) is 0 Å². The maximum absolute atomic E-state index is 12.7. The zero-order valence-corrected chi connectivity index (χ0v) is 12.8. The van der Waals surface area contributed by atoms with Gasteiger partial charge in [-0.05, 0) is 39.8 Å². The summed E-state index contributed by atoms with van der Waals surface area (Å²) in [7, 11) is 0. The van der Waals surface area contributed by atoms with Crippen molar-refractivity contribution in [3.8, 4) is 5.75 Å². The molecule has 2 amide bonds. The van der Waals surface area contributed by atoms with Crippen molar-refractivity contribution in [2.24, 2.45) is 0 Å². The number of likely N-dealkylation sites (N-methyl/N-ethyl adjacent to an activating group) is 1. The number of aromatic hydroxyl groups is 1. The third kappa shape index (κ3) is 3.45. The second-order valence-corrected chi connectivity index (χ2v) is 5.16. The van der Waals surface area contributed by atoms with E-state index in [1.165, 1.54) is 35.8 Å². The lowest BCUT2D eigenvalue weighted by Gasteiger charge is -2.37. The van der Waals surface area contributed by atoms with Crippen molar-refractivity contribution in [1.82, 2.24) is 4.90 Å². The van der Waals surface area contributed by atoms with Gasteiger partial charge in [0.15, 0.2) is 0 Å². The number of aliphatic carboxylic acids is 1. The van der Waals surface area contributed by atoms with Gasteiger partial charge in [0.2, 0.25) is 0 Å². The molecule has 2 N–H and O–H groups in total. The molecular weight excluding hydrogens is 272 g/mol. The first-order valence-electron chi connectivity index (χ1n) is 6.87. The molecule has 0 aliphatic heterocycles. The number of hydrogen-bond donors (Lipinski definition) is 2. The first-order valence-corrected chi connectivity index (χ1v) is 6.87. The van der Waals surface area contributed by atoms with E-state index in [-0.39, 0.29) is 12.3 Å². The molecular formula is C15H22N2O4. The van der Waals surface area contributed by atoms with Gasteiger partial charge in [-0.1, -0.05) is 6.07 Å². The molecule has 0 spiro atoms. The monoisotopic (exact) mass is 294 g/mol. The zero-order chi connectivity index (χ0) is 16.2. The van der Waals surface area contributed by atoms with Crippen molar-refractivity contribution in [3.63, 3.8) is 0 Å². The Morgan fingerprint density at radius 1 is 1.19 bits per heavy atom. The molecule has 21 heavy (non-hydrogen) atoms. The summed E-state index contributed by atoms with van der Waals surface area (Å²) in [5.74, 6) is -1.01. The Morgan fingerprint density at radius 2 is 1.81 bits per heavy atom. The van der Waals surface area contributed by atoms with Crippen LogP contribution in [0.4, 0.5) is 10.5 Å². The smallest absolute Gasteiger partial charge is 0.329 e. The van der Waals surface area contributed by atoms with Crippen LogP contribution in [0.25, 0.3) is 0 Å². The Hall–Kier alpha value is -2.24. The Kier molecular flexibility index (Phi) is 5.18. The molecule has 0 saturated heterocycles. The van der Waals surface area contributed by atoms with E-state index in [9.17, 15) is 19.8 Å². The van der Waals surface area contributed by atoms with Crippen LogP contribution in [0.1, 0.15) is 27.7 Å². The molecule has 6 nitrogen and oxygen atoms in total. The van der Waals surface area contributed by atoms with E-state index in [1.807, 2.05) is 0 Å². The van der Waals surface area contributed by atoms with Crippen LogP contribution in [0.15, 0.2) is 24.3 Å². The highest BCUT2D eigenvalue weighted by atomic mass is 16.4. The lowest BCUT2D eigenvalue weighted by Crippen LogP contribution is -2.57. The third-order valence-electron chi connectivity index (χ3n) is 3.43. The molecule has 0 unspecified atom stereocenters. The quantitative estimate of drug-likeness (QED) is 0.874. The first-order chi connectivity index (χ1) is 9.75. The van der Waals surface area contributed by atoms with Crippen molar-refractivity contribution >= 4 is 17.7 Å². The minimum atomic E-state index is -1.31. The molecule has 0 aliphatic carbocycles. The number of phenols is 1. The minimum Gasteiger partial charge on any atom is -0.508 e. The van der Waals surface area contributed by atoms with Gasteiger partial charge in [-0.25, -0.2) is 9.59 Å². The standard InChI is InChI=1S/C15H22N2O4/c1-5-16(11-8-7-9-12(18)10-11)14(21)17(6-2)15(3,4)13(19)20/h7-10,18H,5-6H2,1-4H3,(H,19,20). The van der Waals surface area contributed by atoms with Crippen LogP contribution in [0.5, 0.6) is 5.75 Å². The van der Waals surface area contributed by atoms with Crippen LogP contribution in [-0.4, -0.2) is 45.7 Å². The summed E-state index contributed by atoms with van der Waals surface area (Å²) in [6.45, 7) is 7.16. The summed E-state index contributed by atoms with van der Waals surface area (Å²) < 4.78 is 0. The van der Waals surface area contributed by atoms with E-state index in [4.69, 9.17) is 0 Å². The molecule has 0 aliphatic rings. The number of phenolic OH excluding ortho intramolecular Hbond substituents is 1. The number of carboxylic acid groups (broad SMARTS) is 1. The number of benzene rings is 1. The first kappa shape index (κ1) is 16.8. The topological polar surface area (TPSA) is 81.1 Å². The van der Waals surface area contributed by atoms with Crippen molar-refractivity contribution in [1.29, 1.82) is 0 Å². The summed E-state index contributed by atoms with van der Waals surface area (Å²) in [6.07, 6.45) is 0. The lowest BCUT2D eigenvalue weighted by molar-refractivity contribution is -0.147. The highest BCUT2D eigenvalue weighted by Crippen LogP contribution is 2.24. The maximum Gasteiger partial charge on any atom is 0.329 e. The maximum atomic E-state index is 12.7. The molecule has 0 heterocycles. The number of rotatable bonds is 5. The van der Waals surface area contributed by atoms with Crippen LogP contribution in [0.3, 0.4) is 0 Å². The van der Waals surface area contributed by atoms with E-state index in [1.54, 1.807) is 26.0 Å². The average molecular weight is 294 g/mol. The van der Waals surface area contributed by atoms with Crippen molar-refractivity contribution in [2.75, 3.05) is 18.0 Å². The van der Waals surface area contributed by atoms with E-state index < -0.39 is 17.5 Å². The Bertz CT molecular complexity index is 528. The van der Waals surface area contributed by atoms with E-state index in [0.717, 1.165) is 0 Å². The Balaban J connectivity index is 3.15. The van der Waals surface area contributed by atoms with Crippen LogP contribution >= 0.6 is 0 Å². The Morgan fingerprint density at radius 3 is 2.24 bits per heavy atom. The SMILES string of the molecule is CCN(C(=O)N(CC)C(C)(C)C(=O)O)c1cccc(O)c1. The molecule has 0 bridgehead atoms. The number of hydrogen-bond acceptors (Lipinski definition) is 3. The van der Waals surface area contributed by atoms with Crippen molar-refractivity contribution in [3.05, 3.63) is 24.3 Å². The van der Waals surface area contributed by atoms with Gasteiger partial charge in [0.05, 0.1) is 0 Å². The predicted octanol–water partition coefficient (Wildman–Crippen LogP) is 2.52. The fraction of sp³-hybridized carbons (Fsp3) is 0.467. The largest absolute Gasteiger partial charge is 0.508 e. The van der Waals surface area contributed by atoms with Gasteiger partial charge in [0, 0.05) is 24.8 Å². The molecule has 116 valence electrons. The lowest BCUT2D eigenvalue weighted by atomic mass is 10.0. The van der Waals surface area contributed by atoms with Crippen LogP contribution in [0.2, 0.25) is 0 Å². The summed E-state index contributed by atoms with van der Waals surface area (Å²) in [5.41, 5.74) is -0.780. The number of amides is 2. The van der Waals surface area contributed by atoms with Gasteiger partial charge >= 0.3 is 12.0 Å². The van der Waals surface area contributed by atoms with Gasteiger partial charge in [-0.2, -0.15) is 0 Å². The highest BCUT2D eigenvalue weighted by molar-refractivity contribution is 5.95. The number of nitrogens with zero attached hydrogens (tertiary/aromatic N) is 2. The number of carboxylic acids is 1. The molecule has 6 heteroatoms. The molecule has 1 aromatic carbocycles. The van der Waals surface area contributed by atoms with Gasteiger partial charge in [-0.3, -0.25) is 4.90 Å². The molecule has 0 saturated carbocycles. The molecule has 0 atom stereocenters. The minimum absolute atomic E-state index is 0.0549. The normalized spacial score (nSPS) is 11.0. The second-order valence-electron chi connectivity index (χ2n) is 5.16. The summed E-state index contributed by atoms with van der Waals surface area (Å²) >= 11 is 0. The predicted molar refractivity (Wildman–Crippen MR) is 80.6 cm³/mol. The summed E-state index contributed by atoms with van der Waals surface area (Å²) in [6, 6.07) is 5.92. The van der Waals surface area contributed by atoms with Crippen LogP contribution in [0, 0.1) is 0 Å². The fourth-order valence-electron chi connectivity index (χ4n) is 2.12. The highest BCUT2D eigenvalue weighted by Gasteiger charge is 2.38. The van der Waals surface area contributed by atoms with E-state index >= 15 is 0 Å². The van der Waals surface area contributed by atoms with Gasteiger partial charge in [-0.15, -0.1) is 0 Å². The molecule has 0 fully saturated rings. The van der Waals surface area contributed by atoms with Crippen LogP contribution in [-0.2, 0) is 4.79 Å². The molecule has 0 aromatic heterocycles. The number of urea groups is 1.